The van der Waals surface area contributed by atoms with Crippen LogP contribution in [0.1, 0.15) is 0 Å². The number of benzene rings is 18. The predicted molar refractivity (Wildman–Crippen MR) is 615 cm³/mol. The molecule has 18 aromatic carbocycles. The Balaban J connectivity index is 0.000000102. The standard InChI is InChI=1S/C47H28N2OS.C45H27N5S.C40H23N3OS/c1-3-13-42-36(11-1)37-21-22-48-28-43(37)49(42)35-17-20-47-41(27-35)40-26-34(16-19-46(40)51-47)32-10-6-8-30(24-32)29-7-5-9-31(23-29)33-15-18-45-39(25-33)38-12-2-4-14-44(38)50-45;1-3-14-38-34(12-1)35-13-2-4-15-39(35)49(38)32-11-6-10-30(23-32)28-8-5-9-29(22-28)31-17-19-42-36(24-31)37-25-33(18-20-43(37)51-42)50-40-16-7-21-47-44(40)45-41(50)26-46-27-48-45;1-2-4-24(5-3-1)25-7-12-39-31(19-25)32-20-27(8-13-40(32)45-39)26-6-10-37-29(18-26)30-21-28(9-11-38(30)44-37)43-35-14-16-41-22-33(35)34-23-42-17-15-36(34)43/h1-28H;1-27H;1-23H. The van der Waals surface area contributed by atoms with E-state index in [-0.39, 0.29) is 0 Å². The van der Waals surface area contributed by atoms with Crippen molar-refractivity contribution in [3.05, 3.63) is 474 Å². The average Bonchev–Trinajstić information content (AvgIpc) is 1.60. The average molecular weight is 1930 g/mol. The van der Waals surface area contributed by atoms with E-state index in [1.54, 1.807) is 6.33 Å². The van der Waals surface area contributed by atoms with Gasteiger partial charge in [-0.25, -0.2) is 9.97 Å². The van der Waals surface area contributed by atoms with Gasteiger partial charge in [-0.2, -0.15) is 0 Å². The van der Waals surface area contributed by atoms with E-state index in [2.05, 4.69) is 449 Å². The molecule has 0 spiro atoms. The minimum atomic E-state index is 0.860. The molecule has 686 valence electrons. The molecular formula is C132H78N10O2S3. The van der Waals surface area contributed by atoms with Crippen LogP contribution >= 0.6 is 34.0 Å². The number of rotatable bonds is 11. The van der Waals surface area contributed by atoms with Crippen LogP contribution in [0.15, 0.2) is 483 Å². The summed E-state index contributed by atoms with van der Waals surface area (Å²) in [5.74, 6) is 0. The van der Waals surface area contributed by atoms with Crippen molar-refractivity contribution in [2.75, 3.05) is 0 Å². The summed E-state index contributed by atoms with van der Waals surface area (Å²) in [5, 5.41) is 19.3. The largest absolute Gasteiger partial charge is 0.456 e. The number of nitrogens with zero attached hydrogens (tertiary/aromatic N) is 10. The molecule has 14 aromatic heterocycles. The zero-order chi connectivity index (χ0) is 96.4. The fourth-order valence-corrected chi connectivity index (χ4v) is 25.7. The lowest BCUT2D eigenvalue weighted by atomic mass is 9.95. The van der Waals surface area contributed by atoms with Crippen LogP contribution in [0.4, 0.5) is 0 Å². The number of fused-ring (bicyclic) bond motifs is 27. The summed E-state index contributed by atoms with van der Waals surface area (Å²) in [6.45, 7) is 0. The third kappa shape index (κ3) is 14.0. The molecule has 0 saturated heterocycles. The summed E-state index contributed by atoms with van der Waals surface area (Å²) < 4.78 is 29.4. The molecule has 0 radical (unpaired) electrons. The van der Waals surface area contributed by atoms with E-state index in [4.69, 9.17) is 8.83 Å². The highest BCUT2D eigenvalue weighted by atomic mass is 32.1. The van der Waals surface area contributed by atoms with Gasteiger partial charge >= 0.3 is 0 Å². The van der Waals surface area contributed by atoms with E-state index in [0.29, 0.717) is 0 Å². The number of para-hydroxylation sites is 4. The zero-order valence-corrected chi connectivity index (χ0v) is 81.0. The molecule has 32 aromatic rings. The van der Waals surface area contributed by atoms with Crippen LogP contribution in [-0.2, 0) is 0 Å². The van der Waals surface area contributed by atoms with E-state index in [9.17, 15) is 0 Å². The van der Waals surface area contributed by atoms with Crippen molar-refractivity contribution in [3.8, 4) is 101 Å². The van der Waals surface area contributed by atoms with Gasteiger partial charge < -0.3 is 27.1 Å². The Labute approximate surface area is 851 Å². The molecule has 147 heavy (non-hydrogen) atoms. The SMILES string of the molecule is c1cc(-c2cccc(-c3ccc4sc5ccc(-n6c7ccccc7c7ccncc76)cc5c4c3)c2)cc(-c2ccc3oc4ccccc4c3c2)c1.c1cc(-c2cccc(-n3c4ccccc4c4ccccc43)c2)cc(-c2ccc3sc4ccc(-n5c6cccnc6c6ncncc65)cc4c3c2)c1.c1ccc(-c2ccc3sc4ccc(-c5ccc6oc7ccc(-n8c9ccncc9c9cnccc98)cc7c6c5)cc4c3c2)cc1. The third-order valence-electron chi connectivity index (χ3n) is 29.4. The highest BCUT2D eigenvalue weighted by Crippen LogP contribution is 2.48. The Kier molecular flexibility index (Phi) is 19.3. The lowest BCUT2D eigenvalue weighted by molar-refractivity contribution is 0.668. The van der Waals surface area contributed by atoms with Gasteiger partial charge in [0.25, 0.3) is 0 Å². The molecule has 0 fully saturated rings. The maximum atomic E-state index is 6.33. The molecule has 0 aliphatic carbocycles. The van der Waals surface area contributed by atoms with Gasteiger partial charge in [-0.3, -0.25) is 19.9 Å². The summed E-state index contributed by atoms with van der Waals surface area (Å²) in [7, 11) is 0. The highest BCUT2D eigenvalue weighted by Gasteiger charge is 2.24. The molecular weight excluding hydrogens is 1850 g/mol. The fourth-order valence-electron chi connectivity index (χ4n) is 22.5. The van der Waals surface area contributed by atoms with E-state index < -0.39 is 0 Å². The first-order chi connectivity index (χ1) is 72.8. The molecule has 15 heteroatoms. The van der Waals surface area contributed by atoms with Crippen molar-refractivity contribution < 1.29 is 8.83 Å². The lowest BCUT2D eigenvalue weighted by Crippen LogP contribution is -1.94. The van der Waals surface area contributed by atoms with Crippen molar-refractivity contribution in [3.63, 3.8) is 0 Å². The summed E-state index contributed by atoms with van der Waals surface area (Å²) in [6, 6.07) is 151. The number of furan rings is 2. The number of hydrogen-bond acceptors (Lipinski definition) is 11. The Morgan fingerprint density at radius 2 is 0.476 bits per heavy atom. The van der Waals surface area contributed by atoms with E-state index in [1.165, 1.54) is 177 Å². The number of thiophene rings is 3. The molecule has 14 heterocycles. The summed E-state index contributed by atoms with van der Waals surface area (Å²) in [5.41, 5.74) is 35.5. The van der Waals surface area contributed by atoms with Crippen LogP contribution in [0.25, 0.3) is 293 Å². The molecule has 0 aliphatic rings. The van der Waals surface area contributed by atoms with Crippen molar-refractivity contribution in [2.24, 2.45) is 0 Å². The second-order valence-electron chi connectivity index (χ2n) is 37.7. The van der Waals surface area contributed by atoms with Crippen LogP contribution < -0.4 is 0 Å². The first-order valence-electron chi connectivity index (χ1n) is 49.1. The summed E-state index contributed by atoms with van der Waals surface area (Å²) in [6.07, 6.45) is 16.7. The smallest absolute Gasteiger partial charge is 0.135 e. The maximum absolute atomic E-state index is 6.33. The summed E-state index contributed by atoms with van der Waals surface area (Å²) in [4.78, 5) is 26.9. The molecule has 0 amide bonds. The zero-order valence-electron chi connectivity index (χ0n) is 78.5. The minimum absolute atomic E-state index is 0.860. The van der Waals surface area contributed by atoms with E-state index in [1.807, 2.05) is 102 Å². The van der Waals surface area contributed by atoms with Crippen LogP contribution in [0, 0.1) is 0 Å². The van der Waals surface area contributed by atoms with E-state index >= 15 is 0 Å². The highest BCUT2D eigenvalue weighted by molar-refractivity contribution is 7.26. The van der Waals surface area contributed by atoms with Crippen LogP contribution in [0.2, 0.25) is 0 Å². The first kappa shape index (κ1) is 83.8. The molecule has 0 aliphatic heterocycles. The topological polar surface area (TPSA) is 123 Å². The Morgan fingerprint density at radius 1 is 0.163 bits per heavy atom. The molecule has 0 atom stereocenters. The number of aromatic nitrogens is 10. The second kappa shape index (κ2) is 33.9. The molecule has 12 nitrogen and oxygen atoms in total. The number of pyridine rings is 4. The Morgan fingerprint density at radius 3 is 0.986 bits per heavy atom. The monoisotopic (exact) mass is 1930 g/mol. The molecule has 0 unspecified atom stereocenters. The second-order valence-corrected chi connectivity index (χ2v) is 40.9. The van der Waals surface area contributed by atoms with Crippen LogP contribution in [0.5, 0.6) is 0 Å². The molecule has 0 saturated carbocycles. The van der Waals surface area contributed by atoms with Crippen molar-refractivity contribution in [1.29, 1.82) is 0 Å². The van der Waals surface area contributed by atoms with Crippen LogP contribution in [0.3, 0.4) is 0 Å². The maximum Gasteiger partial charge on any atom is 0.135 e. The van der Waals surface area contributed by atoms with Gasteiger partial charge in [-0.15, -0.1) is 34.0 Å². The lowest BCUT2D eigenvalue weighted by Gasteiger charge is -2.11. The van der Waals surface area contributed by atoms with Gasteiger partial charge in [0.2, 0.25) is 0 Å². The van der Waals surface area contributed by atoms with E-state index in [0.717, 1.165) is 116 Å². The first-order valence-corrected chi connectivity index (χ1v) is 51.6. The Bertz CT molecular complexity index is 10800. The Hall–Kier alpha value is -18.9. The van der Waals surface area contributed by atoms with Gasteiger partial charge in [0.1, 0.15) is 39.7 Å². The minimum Gasteiger partial charge on any atom is -0.456 e. The molecule has 32 rings (SSSR count). The predicted octanol–water partition coefficient (Wildman–Crippen LogP) is 36.4. The molecule has 0 N–H and O–H groups in total. The quantitative estimate of drug-likeness (QED) is 0.125. The van der Waals surface area contributed by atoms with Gasteiger partial charge in [0.15, 0.2) is 0 Å². The van der Waals surface area contributed by atoms with Gasteiger partial charge in [0, 0.05) is 174 Å². The van der Waals surface area contributed by atoms with Crippen LogP contribution in [-0.4, -0.2) is 48.2 Å². The number of hydrogen-bond donors (Lipinski definition) is 0. The fraction of sp³-hybridized carbons (Fsp3) is 0. The van der Waals surface area contributed by atoms with Crippen molar-refractivity contribution in [2.45, 2.75) is 0 Å². The third-order valence-corrected chi connectivity index (χ3v) is 32.8. The van der Waals surface area contributed by atoms with Gasteiger partial charge in [0.05, 0.1) is 56.5 Å². The normalized spacial score (nSPS) is 11.9. The van der Waals surface area contributed by atoms with Crippen molar-refractivity contribution >= 4 is 226 Å². The molecule has 0 bridgehead atoms. The van der Waals surface area contributed by atoms with Crippen molar-refractivity contribution in [1.82, 2.24) is 48.2 Å². The summed E-state index contributed by atoms with van der Waals surface area (Å²) >= 11 is 5.54. The van der Waals surface area contributed by atoms with Gasteiger partial charge in [-0.1, -0.05) is 206 Å². The van der Waals surface area contributed by atoms with Gasteiger partial charge in [-0.05, 0) is 290 Å².